The molecule has 0 atom stereocenters. The van der Waals surface area contributed by atoms with Crippen molar-refractivity contribution >= 4 is 16.8 Å². The first-order valence-corrected chi connectivity index (χ1v) is 9.09. The molecule has 7 nitrogen and oxygen atoms in total. The number of fused-ring (bicyclic) bond motifs is 4. The molecule has 3 aromatic rings. The summed E-state index contributed by atoms with van der Waals surface area (Å²) in [7, 11) is 0. The van der Waals surface area contributed by atoms with Crippen molar-refractivity contribution in [1.29, 1.82) is 0 Å². The van der Waals surface area contributed by atoms with Gasteiger partial charge in [0.25, 0.3) is 5.91 Å². The van der Waals surface area contributed by atoms with Gasteiger partial charge in [-0.25, -0.2) is 4.98 Å². The zero-order valence-corrected chi connectivity index (χ0v) is 15.1. The molecule has 0 saturated carbocycles. The number of carbonyl (C=O) groups excluding carboxylic acids is 1. The lowest BCUT2D eigenvalue weighted by atomic mass is 9.99. The number of pyridine rings is 1. The maximum Gasteiger partial charge on any atom is 0.267 e. The van der Waals surface area contributed by atoms with Crippen molar-refractivity contribution in [3.05, 3.63) is 53.2 Å². The first-order valence-electron chi connectivity index (χ1n) is 9.09. The molecule has 2 aliphatic heterocycles. The molecule has 2 N–H and O–H groups in total. The second-order valence-corrected chi connectivity index (χ2v) is 6.77. The molecule has 0 spiro atoms. The Morgan fingerprint density at radius 1 is 0.929 bits per heavy atom. The van der Waals surface area contributed by atoms with Crippen LogP contribution in [0.15, 0.2) is 36.4 Å². The minimum Gasteiger partial charge on any atom is -0.454 e. The molecule has 7 heteroatoms. The first kappa shape index (κ1) is 16.7. The average molecular weight is 378 g/mol. The highest BCUT2D eigenvalue weighted by Crippen LogP contribution is 2.41. The molecular formula is C21H18N2O5. The van der Waals surface area contributed by atoms with E-state index in [9.17, 15) is 4.79 Å². The van der Waals surface area contributed by atoms with Crippen molar-refractivity contribution in [2.24, 2.45) is 5.73 Å². The summed E-state index contributed by atoms with van der Waals surface area (Å²) in [5.41, 5.74) is 8.55. The van der Waals surface area contributed by atoms with E-state index < -0.39 is 5.91 Å². The van der Waals surface area contributed by atoms with Crippen molar-refractivity contribution < 1.29 is 23.7 Å². The molecule has 5 rings (SSSR count). The molecule has 142 valence electrons. The van der Waals surface area contributed by atoms with E-state index in [-0.39, 0.29) is 19.3 Å². The number of hydrogen-bond donors (Lipinski definition) is 1. The van der Waals surface area contributed by atoms with Crippen LogP contribution in [-0.2, 0) is 12.8 Å². The molecule has 0 radical (unpaired) electrons. The fourth-order valence-corrected chi connectivity index (χ4v) is 3.67. The third-order valence-corrected chi connectivity index (χ3v) is 4.99. The highest BCUT2D eigenvalue weighted by atomic mass is 16.7. The number of hydrogen-bond acceptors (Lipinski definition) is 6. The number of rotatable bonds is 5. The number of amides is 1. The Kier molecular flexibility index (Phi) is 3.93. The van der Waals surface area contributed by atoms with Crippen LogP contribution in [0.5, 0.6) is 23.0 Å². The van der Waals surface area contributed by atoms with E-state index in [0.29, 0.717) is 17.0 Å². The maximum atomic E-state index is 11.7. The zero-order valence-electron chi connectivity index (χ0n) is 15.1. The van der Waals surface area contributed by atoms with Crippen LogP contribution in [0.25, 0.3) is 10.9 Å². The first-order chi connectivity index (χ1) is 13.7. The van der Waals surface area contributed by atoms with Gasteiger partial charge in [0.05, 0.1) is 5.52 Å². The van der Waals surface area contributed by atoms with E-state index in [0.717, 1.165) is 41.7 Å². The normalized spacial score (nSPS) is 13.9. The molecule has 2 aromatic carbocycles. The highest BCUT2D eigenvalue weighted by molar-refractivity contribution is 5.97. The number of nitrogens with zero attached hydrogens (tertiary/aromatic N) is 1. The van der Waals surface area contributed by atoms with Gasteiger partial charge in [-0.2, -0.15) is 0 Å². The van der Waals surface area contributed by atoms with Crippen LogP contribution in [0.3, 0.4) is 0 Å². The minimum absolute atomic E-state index is 0.183. The quantitative estimate of drug-likeness (QED) is 0.734. The molecule has 0 unspecified atom stereocenters. The Morgan fingerprint density at radius 2 is 1.71 bits per heavy atom. The van der Waals surface area contributed by atoms with E-state index in [1.165, 1.54) is 5.56 Å². The highest BCUT2D eigenvalue weighted by Gasteiger charge is 2.21. The summed E-state index contributed by atoms with van der Waals surface area (Å²) in [5, 5.41) is 0.880. The predicted molar refractivity (Wildman–Crippen MR) is 101 cm³/mol. The monoisotopic (exact) mass is 378 g/mol. The van der Waals surface area contributed by atoms with E-state index in [1.54, 1.807) is 12.1 Å². The standard InChI is InChI=1S/C21H18N2O5/c22-21(24)15-9-13(19-14(23-15)5-7-17-20(19)28-11-26-17)3-1-2-12-4-6-16-18(8-12)27-10-25-16/h4-9H,1-3,10-11H2,(H2,22,24). The molecule has 3 heterocycles. The maximum absolute atomic E-state index is 11.7. The molecule has 1 aromatic heterocycles. The van der Waals surface area contributed by atoms with Gasteiger partial charge in [-0.1, -0.05) is 6.07 Å². The van der Waals surface area contributed by atoms with Crippen LogP contribution < -0.4 is 24.7 Å². The third kappa shape index (κ3) is 2.85. The van der Waals surface area contributed by atoms with Gasteiger partial charge in [0, 0.05) is 5.39 Å². The van der Waals surface area contributed by atoms with Crippen LogP contribution in [0.4, 0.5) is 0 Å². The smallest absolute Gasteiger partial charge is 0.267 e. The fourth-order valence-electron chi connectivity index (χ4n) is 3.67. The van der Waals surface area contributed by atoms with Gasteiger partial charge in [0.15, 0.2) is 23.0 Å². The molecule has 0 fully saturated rings. The van der Waals surface area contributed by atoms with E-state index in [4.69, 9.17) is 24.7 Å². The Hall–Kier alpha value is -3.48. The Balaban J connectivity index is 1.44. The van der Waals surface area contributed by atoms with Crippen LogP contribution in [0.2, 0.25) is 0 Å². The van der Waals surface area contributed by atoms with Gasteiger partial charge in [0.1, 0.15) is 5.69 Å². The lowest BCUT2D eigenvalue weighted by molar-refractivity contribution is 0.0995. The van der Waals surface area contributed by atoms with Crippen LogP contribution in [-0.4, -0.2) is 24.5 Å². The van der Waals surface area contributed by atoms with Gasteiger partial charge in [-0.3, -0.25) is 4.79 Å². The van der Waals surface area contributed by atoms with Crippen LogP contribution in [0.1, 0.15) is 28.0 Å². The Bertz CT molecular complexity index is 1100. The van der Waals surface area contributed by atoms with Crippen molar-refractivity contribution in [1.82, 2.24) is 4.98 Å². The lowest BCUT2D eigenvalue weighted by Gasteiger charge is -2.11. The average Bonchev–Trinajstić information content (AvgIpc) is 3.36. The number of aryl methyl sites for hydroxylation is 2. The van der Waals surface area contributed by atoms with Crippen molar-refractivity contribution in [2.45, 2.75) is 19.3 Å². The number of primary amides is 1. The summed E-state index contributed by atoms with van der Waals surface area (Å²) >= 11 is 0. The molecular weight excluding hydrogens is 360 g/mol. The van der Waals surface area contributed by atoms with Crippen LogP contribution in [0, 0.1) is 0 Å². The number of aromatic nitrogens is 1. The second kappa shape index (κ2) is 6.60. The predicted octanol–water partition coefficient (Wildman–Crippen LogP) is 2.97. The molecule has 0 aliphatic carbocycles. The van der Waals surface area contributed by atoms with Crippen LogP contribution >= 0.6 is 0 Å². The fraction of sp³-hybridized carbons (Fsp3) is 0.238. The van der Waals surface area contributed by atoms with Gasteiger partial charge >= 0.3 is 0 Å². The van der Waals surface area contributed by atoms with E-state index in [2.05, 4.69) is 4.98 Å². The topological polar surface area (TPSA) is 92.9 Å². The lowest BCUT2D eigenvalue weighted by Crippen LogP contribution is -2.14. The molecule has 0 saturated heterocycles. The summed E-state index contributed by atoms with van der Waals surface area (Å²) in [4.78, 5) is 16.1. The second-order valence-electron chi connectivity index (χ2n) is 6.77. The Labute approximate surface area is 161 Å². The number of benzene rings is 2. The van der Waals surface area contributed by atoms with Crippen molar-refractivity contribution in [3.63, 3.8) is 0 Å². The van der Waals surface area contributed by atoms with Gasteiger partial charge in [-0.05, 0) is 60.7 Å². The van der Waals surface area contributed by atoms with Gasteiger partial charge in [-0.15, -0.1) is 0 Å². The van der Waals surface area contributed by atoms with Crippen molar-refractivity contribution in [3.8, 4) is 23.0 Å². The molecule has 28 heavy (non-hydrogen) atoms. The molecule has 2 aliphatic rings. The summed E-state index contributed by atoms with van der Waals surface area (Å²) in [6.07, 6.45) is 2.48. The summed E-state index contributed by atoms with van der Waals surface area (Å²) in [5.74, 6) is 2.39. The molecule has 1 amide bonds. The number of ether oxygens (including phenoxy) is 4. The number of nitrogens with two attached hydrogens (primary N) is 1. The van der Waals surface area contributed by atoms with Gasteiger partial charge < -0.3 is 24.7 Å². The number of carbonyl (C=O) groups is 1. The van der Waals surface area contributed by atoms with Gasteiger partial charge in [0.2, 0.25) is 13.6 Å². The molecule has 0 bridgehead atoms. The third-order valence-electron chi connectivity index (χ3n) is 4.99. The minimum atomic E-state index is -0.545. The summed E-state index contributed by atoms with van der Waals surface area (Å²) < 4.78 is 21.9. The SMILES string of the molecule is NC(=O)c1cc(CCCc2ccc3c(c2)OCO3)c2c3c(ccc2n1)OCO3. The zero-order chi connectivity index (χ0) is 19.1. The van der Waals surface area contributed by atoms with Crippen molar-refractivity contribution in [2.75, 3.05) is 13.6 Å². The Morgan fingerprint density at radius 3 is 2.61 bits per heavy atom. The van der Waals surface area contributed by atoms with E-state index >= 15 is 0 Å². The van der Waals surface area contributed by atoms with E-state index in [1.807, 2.05) is 24.3 Å². The summed E-state index contributed by atoms with van der Waals surface area (Å²) in [6.45, 7) is 0.452. The summed E-state index contributed by atoms with van der Waals surface area (Å²) in [6, 6.07) is 11.4. The largest absolute Gasteiger partial charge is 0.454 e.